The molecule has 1 amide bonds. The van der Waals surface area contributed by atoms with Gasteiger partial charge in [0, 0.05) is 25.1 Å². The molecule has 0 bridgehead atoms. The molecule has 0 spiro atoms. The molecular weight excluding hydrogens is 280 g/mol. The summed E-state index contributed by atoms with van der Waals surface area (Å²) < 4.78 is 0. The number of rotatable bonds is 10. The van der Waals surface area contributed by atoms with Gasteiger partial charge in [0.2, 0.25) is 5.91 Å². The van der Waals surface area contributed by atoms with Gasteiger partial charge in [-0.05, 0) is 18.6 Å². The van der Waals surface area contributed by atoms with E-state index in [1.165, 1.54) is 19.3 Å². The van der Waals surface area contributed by atoms with Gasteiger partial charge >= 0.3 is 0 Å². The van der Waals surface area contributed by atoms with Crippen LogP contribution in [0.5, 0.6) is 0 Å². The molecule has 0 fully saturated rings. The van der Waals surface area contributed by atoms with Crippen molar-refractivity contribution in [1.82, 2.24) is 0 Å². The van der Waals surface area contributed by atoms with Gasteiger partial charge in [-0.2, -0.15) is 0 Å². The topological polar surface area (TPSA) is 46.3 Å². The number of anilines is 1. The SMILES string of the molecule is CCCCCCCC(=O)N(CCC(N)=S)c1ccccc1. The molecule has 0 radical (unpaired) electrons. The Morgan fingerprint density at radius 2 is 1.76 bits per heavy atom. The van der Waals surface area contributed by atoms with Crippen LogP contribution in [0.4, 0.5) is 5.69 Å². The number of hydrogen-bond donors (Lipinski definition) is 1. The van der Waals surface area contributed by atoms with Crippen LogP contribution < -0.4 is 10.6 Å². The van der Waals surface area contributed by atoms with E-state index < -0.39 is 0 Å². The Balaban J connectivity index is 2.55. The van der Waals surface area contributed by atoms with Gasteiger partial charge < -0.3 is 10.6 Å². The third kappa shape index (κ3) is 7.23. The van der Waals surface area contributed by atoms with Crippen LogP contribution >= 0.6 is 12.2 Å². The van der Waals surface area contributed by atoms with Crippen LogP contribution in [0.3, 0.4) is 0 Å². The average molecular weight is 306 g/mol. The highest BCUT2D eigenvalue weighted by Gasteiger charge is 2.15. The number of para-hydroxylation sites is 1. The molecule has 0 aliphatic rings. The first-order valence-electron chi connectivity index (χ1n) is 7.79. The summed E-state index contributed by atoms with van der Waals surface area (Å²) in [4.78, 5) is 14.7. The van der Waals surface area contributed by atoms with Gasteiger partial charge in [0.15, 0.2) is 0 Å². The van der Waals surface area contributed by atoms with Crippen LogP contribution in [-0.4, -0.2) is 17.4 Å². The van der Waals surface area contributed by atoms with E-state index in [1.807, 2.05) is 30.3 Å². The lowest BCUT2D eigenvalue weighted by Crippen LogP contribution is -2.33. The van der Waals surface area contributed by atoms with Gasteiger partial charge in [0.1, 0.15) is 0 Å². The van der Waals surface area contributed by atoms with Crippen molar-refractivity contribution >= 4 is 28.8 Å². The maximum absolute atomic E-state index is 12.4. The molecule has 1 aromatic rings. The minimum Gasteiger partial charge on any atom is -0.393 e. The number of unbranched alkanes of at least 4 members (excludes halogenated alkanes) is 4. The van der Waals surface area contributed by atoms with Crippen LogP contribution in [0.25, 0.3) is 0 Å². The third-order valence-corrected chi connectivity index (χ3v) is 3.65. The normalized spacial score (nSPS) is 10.3. The maximum Gasteiger partial charge on any atom is 0.226 e. The second-order valence-corrected chi connectivity index (χ2v) is 5.79. The Bertz CT molecular complexity index is 434. The second kappa shape index (κ2) is 10.3. The number of benzene rings is 1. The smallest absolute Gasteiger partial charge is 0.226 e. The van der Waals surface area contributed by atoms with Gasteiger partial charge in [-0.3, -0.25) is 4.79 Å². The fourth-order valence-corrected chi connectivity index (χ4v) is 2.33. The summed E-state index contributed by atoms with van der Waals surface area (Å²) in [5.74, 6) is 0.161. The molecule has 3 nitrogen and oxygen atoms in total. The number of nitrogens with two attached hydrogens (primary N) is 1. The Kier molecular flexibility index (Phi) is 8.67. The Morgan fingerprint density at radius 3 is 2.38 bits per heavy atom. The van der Waals surface area contributed by atoms with Crippen LogP contribution in [-0.2, 0) is 4.79 Å². The highest BCUT2D eigenvalue weighted by atomic mass is 32.1. The van der Waals surface area contributed by atoms with Crippen molar-refractivity contribution in [3.8, 4) is 0 Å². The summed E-state index contributed by atoms with van der Waals surface area (Å²) >= 11 is 4.93. The van der Waals surface area contributed by atoms with E-state index >= 15 is 0 Å². The van der Waals surface area contributed by atoms with Crippen molar-refractivity contribution < 1.29 is 4.79 Å². The Morgan fingerprint density at radius 1 is 1.10 bits per heavy atom. The first-order chi connectivity index (χ1) is 10.1. The summed E-state index contributed by atoms with van der Waals surface area (Å²) in [6.45, 7) is 2.76. The van der Waals surface area contributed by atoms with Crippen molar-refractivity contribution in [2.45, 2.75) is 51.9 Å². The van der Waals surface area contributed by atoms with Crippen molar-refractivity contribution in [2.24, 2.45) is 5.73 Å². The number of nitrogens with zero attached hydrogens (tertiary/aromatic N) is 1. The quantitative estimate of drug-likeness (QED) is 0.524. The summed E-state index contributed by atoms with van der Waals surface area (Å²) in [5, 5.41) is 0. The average Bonchev–Trinajstić information content (AvgIpc) is 2.48. The molecule has 116 valence electrons. The minimum absolute atomic E-state index is 0.161. The standard InChI is InChI=1S/C17H26N2OS/c1-2-3-4-5-9-12-17(20)19(14-13-16(18)21)15-10-7-6-8-11-15/h6-8,10-11H,2-5,9,12-14H2,1H3,(H2,18,21). The first-order valence-corrected chi connectivity index (χ1v) is 8.19. The molecule has 1 aromatic carbocycles. The first kappa shape index (κ1) is 17.6. The predicted molar refractivity (Wildman–Crippen MR) is 93.6 cm³/mol. The fraction of sp³-hybridized carbons (Fsp3) is 0.529. The van der Waals surface area contributed by atoms with Gasteiger partial charge in [0.25, 0.3) is 0 Å². The molecule has 0 saturated carbocycles. The zero-order valence-electron chi connectivity index (χ0n) is 12.9. The van der Waals surface area contributed by atoms with E-state index in [4.69, 9.17) is 18.0 Å². The molecule has 1 rings (SSSR count). The summed E-state index contributed by atoms with van der Waals surface area (Å²) in [6.07, 6.45) is 6.91. The second-order valence-electron chi connectivity index (χ2n) is 5.26. The number of carbonyl (C=O) groups is 1. The number of thiocarbonyl (C=S) groups is 1. The van der Waals surface area contributed by atoms with Crippen molar-refractivity contribution in [3.05, 3.63) is 30.3 Å². The molecule has 0 saturated heterocycles. The molecule has 21 heavy (non-hydrogen) atoms. The minimum atomic E-state index is 0.161. The highest BCUT2D eigenvalue weighted by molar-refractivity contribution is 7.80. The zero-order chi connectivity index (χ0) is 15.5. The van der Waals surface area contributed by atoms with E-state index in [1.54, 1.807) is 4.90 Å². The predicted octanol–water partition coefficient (Wildman–Crippen LogP) is 4.06. The number of hydrogen-bond acceptors (Lipinski definition) is 2. The van der Waals surface area contributed by atoms with E-state index in [2.05, 4.69) is 6.92 Å². The van der Waals surface area contributed by atoms with Gasteiger partial charge in [0.05, 0.1) is 4.99 Å². The molecular formula is C17H26N2OS. The lowest BCUT2D eigenvalue weighted by atomic mass is 10.1. The molecule has 0 heterocycles. The maximum atomic E-state index is 12.4. The van der Waals surface area contributed by atoms with Gasteiger partial charge in [-0.1, -0.05) is 63.0 Å². The van der Waals surface area contributed by atoms with E-state index in [0.717, 1.165) is 18.5 Å². The lowest BCUT2D eigenvalue weighted by Gasteiger charge is -2.22. The van der Waals surface area contributed by atoms with Crippen LogP contribution in [0.1, 0.15) is 51.9 Å². The van der Waals surface area contributed by atoms with Crippen molar-refractivity contribution in [1.29, 1.82) is 0 Å². The molecule has 0 aromatic heterocycles. The third-order valence-electron chi connectivity index (χ3n) is 3.44. The Labute approximate surface area is 133 Å². The molecule has 0 unspecified atom stereocenters. The van der Waals surface area contributed by atoms with E-state index in [-0.39, 0.29) is 5.91 Å². The van der Waals surface area contributed by atoms with E-state index in [9.17, 15) is 4.79 Å². The number of carbonyl (C=O) groups excluding carboxylic acids is 1. The van der Waals surface area contributed by atoms with E-state index in [0.29, 0.717) is 24.4 Å². The van der Waals surface area contributed by atoms with Gasteiger partial charge in [-0.25, -0.2) is 0 Å². The molecule has 2 N–H and O–H groups in total. The van der Waals surface area contributed by atoms with Gasteiger partial charge in [-0.15, -0.1) is 0 Å². The van der Waals surface area contributed by atoms with Crippen LogP contribution in [0.15, 0.2) is 30.3 Å². The molecule has 0 aliphatic heterocycles. The van der Waals surface area contributed by atoms with Crippen molar-refractivity contribution in [3.63, 3.8) is 0 Å². The Hall–Kier alpha value is -1.42. The highest BCUT2D eigenvalue weighted by Crippen LogP contribution is 2.16. The molecule has 4 heteroatoms. The zero-order valence-corrected chi connectivity index (χ0v) is 13.7. The lowest BCUT2D eigenvalue weighted by molar-refractivity contribution is -0.118. The molecule has 0 atom stereocenters. The fourth-order valence-electron chi connectivity index (χ4n) is 2.24. The summed E-state index contributed by atoms with van der Waals surface area (Å²) in [6, 6.07) is 9.74. The molecule has 0 aliphatic carbocycles. The van der Waals surface area contributed by atoms with Crippen LogP contribution in [0.2, 0.25) is 0 Å². The largest absolute Gasteiger partial charge is 0.393 e. The monoisotopic (exact) mass is 306 g/mol. The van der Waals surface area contributed by atoms with Crippen LogP contribution in [0, 0.1) is 0 Å². The number of amides is 1. The summed E-state index contributed by atoms with van der Waals surface area (Å²) in [7, 11) is 0. The van der Waals surface area contributed by atoms with Crippen molar-refractivity contribution in [2.75, 3.05) is 11.4 Å². The summed E-state index contributed by atoms with van der Waals surface area (Å²) in [5.41, 5.74) is 6.49.